The van der Waals surface area contributed by atoms with E-state index in [1.54, 1.807) is 19.2 Å². The Hall–Kier alpha value is -2.18. The lowest BCUT2D eigenvalue weighted by Crippen LogP contribution is -2.41. The van der Waals surface area contributed by atoms with E-state index in [2.05, 4.69) is 27.7 Å². The molecule has 0 unspecified atom stereocenters. The van der Waals surface area contributed by atoms with Crippen LogP contribution < -0.4 is 15.4 Å². The van der Waals surface area contributed by atoms with Crippen LogP contribution in [0.3, 0.4) is 0 Å². The second-order valence-electron chi connectivity index (χ2n) is 6.73. The van der Waals surface area contributed by atoms with Crippen molar-refractivity contribution in [1.29, 1.82) is 0 Å². The fraction of sp³-hybridized carbons (Fsp3) is 0.381. The van der Waals surface area contributed by atoms with Gasteiger partial charge in [0.15, 0.2) is 5.11 Å². The first kappa shape index (κ1) is 19.6. The Bertz CT molecular complexity index is 730. The van der Waals surface area contributed by atoms with Crippen LogP contribution in [0.25, 0.3) is 0 Å². The molecule has 0 bridgehead atoms. The summed E-state index contributed by atoms with van der Waals surface area (Å²) in [4.78, 5) is 2.51. The van der Waals surface area contributed by atoms with Crippen LogP contribution in [0.15, 0.2) is 48.5 Å². The van der Waals surface area contributed by atoms with Gasteiger partial charge in [0, 0.05) is 12.2 Å². The molecule has 0 aliphatic carbocycles. The second kappa shape index (κ2) is 9.67. The van der Waals surface area contributed by atoms with Crippen molar-refractivity contribution < 1.29 is 9.13 Å². The van der Waals surface area contributed by atoms with Crippen molar-refractivity contribution in [1.82, 2.24) is 10.2 Å². The smallest absolute Gasteiger partial charge is 0.170 e. The maximum absolute atomic E-state index is 13.0. The van der Waals surface area contributed by atoms with Crippen LogP contribution in [-0.4, -0.2) is 36.8 Å². The van der Waals surface area contributed by atoms with Gasteiger partial charge < -0.3 is 15.4 Å². The van der Waals surface area contributed by atoms with Crippen LogP contribution >= 0.6 is 12.2 Å². The van der Waals surface area contributed by atoms with E-state index in [4.69, 9.17) is 17.0 Å². The highest BCUT2D eigenvalue weighted by Gasteiger charge is 2.22. The summed E-state index contributed by atoms with van der Waals surface area (Å²) >= 11 is 5.42. The van der Waals surface area contributed by atoms with Crippen molar-refractivity contribution >= 4 is 23.0 Å². The fourth-order valence-corrected chi connectivity index (χ4v) is 3.61. The molecule has 4 nitrogen and oxygen atoms in total. The van der Waals surface area contributed by atoms with Crippen molar-refractivity contribution in [2.45, 2.75) is 25.3 Å². The number of rotatable bonds is 6. The molecule has 2 aromatic carbocycles. The van der Waals surface area contributed by atoms with Gasteiger partial charge in [-0.05, 0) is 80.1 Å². The third-order valence-electron chi connectivity index (χ3n) is 4.89. The molecule has 3 rings (SSSR count). The molecule has 1 aliphatic rings. The first-order chi connectivity index (χ1) is 13.2. The molecule has 27 heavy (non-hydrogen) atoms. The quantitative estimate of drug-likeness (QED) is 0.721. The number of nitrogens with zero attached hydrogens (tertiary/aromatic N) is 1. The highest BCUT2D eigenvalue weighted by molar-refractivity contribution is 7.80. The van der Waals surface area contributed by atoms with Crippen LogP contribution in [0.5, 0.6) is 5.75 Å². The molecule has 2 N–H and O–H groups in total. The summed E-state index contributed by atoms with van der Waals surface area (Å²) in [6.07, 6.45) is 3.75. The average molecular weight is 388 g/mol. The third kappa shape index (κ3) is 5.65. The molecule has 2 aromatic rings. The number of benzene rings is 2. The minimum absolute atomic E-state index is 0.240. The summed E-state index contributed by atoms with van der Waals surface area (Å²) in [6, 6.07) is 14.7. The van der Waals surface area contributed by atoms with Gasteiger partial charge >= 0.3 is 0 Å². The molecule has 1 fully saturated rings. The standard InChI is InChI=1S/C21H26FN3OS/c1-26-19-11-5-16(6-12-19)20(25-13-3-2-4-14-25)15-23-21(27)24-18-9-7-17(22)8-10-18/h5-12,20H,2-4,13-15H2,1H3,(H2,23,24,27)/t20-/m1/s1. The molecule has 0 spiro atoms. The lowest BCUT2D eigenvalue weighted by molar-refractivity contribution is 0.164. The summed E-state index contributed by atoms with van der Waals surface area (Å²) < 4.78 is 18.3. The topological polar surface area (TPSA) is 36.5 Å². The molecule has 0 amide bonds. The zero-order valence-corrected chi connectivity index (χ0v) is 16.4. The lowest BCUT2D eigenvalue weighted by Gasteiger charge is -2.35. The number of halogens is 1. The van der Waals surface area contributed by atoms with E-state index < -0.39 is 0 Å². The van der Waals surface area contributed by atoms with E-state index in [1.807, 2.05) is 12.1 Å². The number of methoxy groups -OCH3 is 1. The largest absolute Gasteiger partial charge is 0.497 e. The van der Waals surface area contributed by atoms with Crippen LogP contribution in [0, 0.1) is 5.82 Å². The molecular formula is C21H26FN3OS. The molecule has 1 saturated heterocycles. The van der Waals surface area contributed by atoms with E-state index in [1.165, 1.54) is 37.0 Å². The van der Waals surface area contributed by atoms with Crippen molar-refractivity contribution in [3.8, 4) is 5.75 Å². The van der Waals surface area contributed by atoms with E-state index in [-0.39, 0.29) is 11.9 Å². The SMILES string of the molecule is COc1ccc([C@@H](CNC(=S)Nc2ccc(F)cc2)N2CCCCC2)cc1. The highest BCUT2D eigenvalue weighted by atomic mass is 32.1. The summed E-state index contributed by atoms with van der Waals surface area (Å²) in [5.41, 5.74) is 2.02. The molecular weight excluding hydrogens is 361 g/mol. The molecule has 1 aliphatic heterocycles. The van der Waals surface area contributed by atoms with Gasteiger partial charge in [0.1, 0.15) is 11.6 Å². The van der Waals surface area contributed by atoms with Crippen molar-refractivity contribution in [2.75, 3.05) is 32.1 Å². The summed E-state index contributed by atoms with van der Waals surface area (Å²) in [7, 11) is 1.68. The van der Waals surface area contributed by atoms with Gasteiger partial charge in [0.05, 0.1) is 13.2 Å². The number of thiocarbonyl (C=S) groups is 1. The van der Waals surface area contributed by atoms with Gasteiger partial charge in [-0.1, -0.05) is 18.6 Å². The monoisotopic (exact) mass is 387 g/mol. The fourth-order valence-electron chi connectivity index (χ4n) is 3.41. The zero-order chi connectivity index (χ0) is 19.1. The van der Waals surface area contributed by atoms with Crippen LogP contribution in [0.4, 0.5) is 10.1 Å². The Labute approximate surface area is 165 Å². The molecule has 0 saturated carbocycles. The van der Waals surface area contributed by atoms with Crippen LogP contribution in [-0.2, 0) is 0 Å². The number of hydrogen-bond acceptors (Lipinski definition) is 3. The maximum Gasteiger partial charge on any atom is 0.170 e. The third-order valence-corrected chi connectivity index (χ3v) is 5.14. The first-order valence-corrected chi connectivity index (χ1v) is 9.75. The second-order valence-corrected chi connectivity index (χ2v) is 7.14. The Kier molecular flexibility index (Phi) is 7.01. The van der Waals surface area contributed by atoms with E-state index in [9.17, 15) is 4.39 Å². The predicted molar refractivity (Wildman–Crippen MR) is 112 cm³/mol. The molecule has 1 atom stereocenters. The van der Waals surface area contributed by atoms with Gasteiger partial charge in [-0.15, -0.1) is 0 Å². The minimum atomic E-state index is -0.260. The molecule has 6 heteroatoms. The average Bonchev–Trinajstić information content (AvgIpc) is 2.71. The van der Waals surface area contributed by atoms with Gasteiger partial charge in [0.2, 0.25) is 0 Å². The number of ether oxygens (including phenoxy) is 1. The minimum Gasteiger partial charge on any atom is -0.497 e. The van der Waals surface area contributed by atoms with Crippen molar-refractivity contribution in [2.24, 2.45) is 0 Å². The molecule has 0 radical (unpaired) electrons. The van der Waals surface area contributed by atoms with Crippen molar-refractivity contribution in [3.05, 3.63) is 59.9 Å². The Morgan fingerprint density at radius 2 is 1.74 bits per heavy atom. The number of piperidine rings is 1. The lowest BCUT2D eigenvalue weighted by atomic mass is 10.0. The number of likely N-dealkylation sites (tertiary alicyclic amines) is 1. The predicted octanol–water partition coefficient (Wildman–Crippen LogP) is 4.35. The zero-order valence-electron chi connectivity index (χ0n) is 15.6. The number of nitrogens with one attached hydrogen (secondary N) is 2. The van der Waals surface area contributed by atoms with Crippen LogP contribution in [0.1, 0.15) is 30.9 Å². The van der Waals surface area contributed by atoms with E-state index in [0.717, 1.165) is 24.5 Å². The molecule has 1 heterocycles. The Balaban J connectivity index is 1.64. The Morgan fingerprint density at radius 3 is 2.37 bits per heavy atom. The number of anilines is 1. The van der Waals surface area contributed by atoms with Gasteiger partial charge in [-0.2, -0.15) is 0 Å². The van der Waals surface area contributed by atoms with Gasteiger partial charge in [-0.25, -0.2) is 4.39 Å². The highest BCUT2D eigenvalue weighted by Crippen LogP contribution is 2.26. The molecule has 0 aromatic heterocycles. The molecule has 144 valence electrons. The summed E-state index contributed by atoms with van der Waals surface area (Å²) in [5.74, 6) is 0.599. The van der Waals surface area contributed by atoms with Crippen LogP contribution in [0.2, 0.25) is 0 Å². The van der Waals surface area contributed by atoms with Gasteiger partial charge in [-0.3, -0.25) is 4.90 Å². The number of hydrogen-bond donors (Lipinski definition) is 2. The maximum atomic E-state index is 13.0. The van der Waals surface area contributed by atoms with E-state index >= 15 is 0 Å². The first-order valence-electron chi connectivity index (χ1n) is 9.34. The van der Waals surface area contributed by atoms with Gasteiger partial charge in [0.25, 0.3) is 0 Å². The summed E-state index contributed by atoms with van der Waals surface area (Å²) in [6.45, 7) is 2.90. The van der Waals surface area contributed by atoms with E-state index in [0.29, 0.717) is 11.7 Å². The van der Waals surface area contributed by atoms with Crippen molar-refractivity contribution in [3.63, 3.8) is 0 Å². The Morgan fingerprint density at radius 1 is 1.07 bits per heavy atom. The summed E-state index contributed by atoms with van der Waals surface area (Å²) in [5, 5.41) is 6.98. The normalized spacial score (nSPS) is 15.8.